The maximum atomic E-state index is 12.0. The molecule has 1 aliphatic rings. The number of amides is 1. The Balaban J connectivity index is 1.94. The summed E-state index contributed by atoms with van der Waals surface area (Å²) in [7, 11) is 2.07. The van der Waals surface area contributed by atoms with Crippen LogP contribution < -0.4 is 10.6 Å². The van der Waals surface area contributed by atoms with Gasteiger partial charge in [0.05, 0.1) is 17.1 Å². The molecule has 3 aromatic rings. The zero-order valence-electron chi connectivity index (χ0n) is 13.6. The summed E-state index contributed by atoms with van der Waals surface area (Å²) >= 11 is 3.54. The van der Waals surface area contributed by atoms with Crippen LogP contribution in [0, 0.1) is 0 Å². The van der Waals surface area contributed by atoms with E-state index in [1.165, 1.54) is 10.9 Å². The van der Waals surface area contributed by atoms with E-state index in [2.05, 4.69) is 68.5 Å². The van der Waals surface area contributed by atoms with Crippen molar-refractivity contribution in [3.8, 4) is 11.3 Å². The van der Waals surface area contributed by atoms with Crippen molar-refractivity contribution in [3.63, 3.8) is 0 Å². The van der Waals surface area contributed by atoms with Crippen molar-refractivity contribution in [1.82, 2.24) is 4.57 Å². The van der Waals surface area contributed by atoms with Crippen LogP contribution in [0.5, 0.6) is 0 Å². The molecule has 1 unspecified atom stereocenters. The monoisotopic (exact) mass is 383 g/mol. The van der Waals surface area contributed by atoms with E-state index in [1.54, 1.807) is 0 Å². The lowest BCUT2D eigenvalue weighted by Crippen LogP contribution is -2.19. The van der Waals surface area contributed by atoms with E-state index in [0.717, 1.165) is 27.1 Å². The lowest BCUT2D eigenvalue weighted by molar-refractivity contribution is -0.116. The topological polar surface area (TPSA) is 46.1 Å². The summed E-state index contributed by atoms with van der Waals surface area (Å²) in [5.74, 6) is 0.0480. The number of hydrogen-bond acceptors (Lipinski definition) is 2. The number of hydrogen-bond donors (Lipinski definition) is 2. The van der Waals surface area contributed by atoms with Gasteiger partial charge in [-0.15, -0.1) is 0 Å². The SMILES string of the molecule is CC1CC(=O)Nc2cccc(-c3cc4ccc(Br)cc4n3C)c2N1. The summed E-state index contributed by atoms with van der Waals surface area (Å²) < 4.78 is 3.25. The Labute approximate surface area is 149 Å². The molecule has 1 atom stereocenters. The van der Waals surface area contributed by atoms with Crippen molar-refractivity contribution in [1.29, 1.82) is 0 Å². The lowest BCUT2D eigenvalue weighted by atomic mass is 10.1. The van der Waals surface area contributed by atoms with Gasteiger partial charge in [-0.05, 0) is 31.2 Å². The number of nitrogens with one attached hydrogen (secondary N) is 2. The number of aromatic nitrogens is 1. The molecule has 1 amide bonds. The quantitative estimate of drug-likeness (QED) is 0.636. The fourth-order valence-corrected chi connectivity index (χ4v) is 3.71. The number of para-hydroxylation sites is 1. The first-order valence-electron chi connectivity index (χ1n) is 7.97. The third kappa shape index (κ3) is 2.49. The Bertz CT molecular complexity index is 961. The van der Waals surface area contributed by atoms with Crippen LogP contribution in [-0.4, -0.2) is 16.5 Å². The molecule has 2 heterocycles. The summed E-state index contributed by atoms with van der Waals surface area (Å²) in [6.45, 7) is 2.03. The zero-order chi connectivity index (χ0) is 16.8. The normalized spacial score (nSPS) is 17.1. The molecule has 24 heavy (non-hydrogen) atoms. The molecular weight excluding hydrogens is 366 g/mol. The molecule has 4 rings (SSSR count). The third-order valence-corrected chi connectivity index (χ3v) is 5.00. The van der Waals surface area contributed by atoms with Gasteiger partial charge >= 0.3 is 0 Å². The maximum Gasteiger partial charge on any atom is 0.226 e. The number of carbonyl (C=O) groups excluding carboxylic acids is 1. The first kappa shape index (κ1) is 15.3. The van der Waals surface area contributed by atoms with Crippen LogP contribution in [0.25, 0.3) is 22.2 Å². The van der Waals surface area contributed by atoms with Crippen molar-refractivity contribution < 1.29 is 4.79 Å². The molecule has 5 heteroatoms. The minimum Gasteiger partial charge on any atom is -0.380 e. The lowest BCUT2D eigenvalue weighted by Gasteiger charge is -2.17. The summed E-state index contributed by atoms with van der Waals surface area (Å²) in [6, 6.07) is 14.6. The van der Waals surface area contributed by atoms with Crippen LogP contribution in [-0.2, 0) is 11.8 Å². The molecule has 0 saturated carbocycles. The van der Waals surface area contributed by atoms with E-state index < -0.39 is 0 Å². The molecule has 4 nitrogen and oxygen atoms in total. The Morgan fingerprint density at radius 1 is 1.21 bits per heavy atom. The number of fused-ring (bicyclic) bond motifs is 2. The van der Waals surface area contributed by atoms with E-state index in [1.807, 2.05) is 19.1 Å². The van der Waals surface area contributed by atoms with E-state index in [-0.39, 0.29) is 11.9 Å². The predicted molar refractivity (Wildman–Crippen MR) is 102 cm³/mol. The second-order valence-corrected chi connectivity index (χ2v) is 7.23. The minimum atomic E-state index is 0.0480. The molecule has 2 N–H and O–H groups in total. The van der Waals surface area contributed by atoms with Crippen molar-refractivity contribution in [3.05, 3.63) is 46.9 Å². The molecule has 0 spiro atoms. The molecule has 122 valence electrons. The van der Waals surface area contributed by atoms with Gasteiger partial charge in [-0.25, -0.2) is 0 Å². The van der Waals surface area contributed by atoms with Gasteiger partial charge in [0.15, 0.2) is 0 Å². The fourth-order valence-electron chi connectivity index (χ4n) is 3.36. The second kappa shape index (κ2) is 5.67. The smallest absolute Gasteiger partial charge is 0.226 e. The van der Waals surface area contributed by atoms with E-state index in [4.69, 9.17) is 0 Å². The highest BCUT2D eigenvalue weighted by Gasteiger charge is 2.21. The molecule has 0 radical (unpaired) electrons. The fraction of sp³-hybridized carbons (Fsp3) is 0.211. The van der Waals surface area contributed by atoms with E-state index >= 15 is 0 Å². The molecule has 1 aliphatic heterocycles. The Hall–Kier alpha value is -2.27. The number of benzene rings is 2. The summed E-state index contributed by atoms with van der Waals surface area (Å²) in [5, 5.41) is 7.70. The van der Waals surface area contributed by atoms with Crippen molar-refractivity contribution in [2.75, 3.05) is 10.6 Å². The van der Waals surface area contributed by atoms with E-state index in [0.29, 0.717) is 6.42 Å². The number of rotatable bonds is 1. The number of aryl methyl sites for hydroxylation is 1. The molecule has 0 bridgehead atoms. The number of nitrogens with zero attached hydrogens (tertiary/aromatic N) is 1. The van der Waals surface area contributed by atoms with Crippen LogP contribution >= 0.6 is 15.9 Å². The van der Waals surface area contributed by atoms with Crippen LogP contribution in [0.15, 0.2) is 46.9 Å². The third-order valence-electron chi connectivity index (χ3n) is 4.50. The Kier molecular flexibility index (Phi) is 3.61. The van der Waals surface area contributed by atoms with Gasteiger partial charge in [-0.3, -0.25) is 4.79 Å². The highest BCUT2D eigenvalue weighted by molar-refractivity contribution is 9.10. The zero-order valence-corrected chi connectivity index (χ0v) is 15.1. The highest BCUT2D eigenvalue weighted by Crippen LogP contribution is 2.38. The molecule has 1 aromatic heterocycles. The first-order valence-corrected chi connectivity index (χ1v) is 8.77. The summed E-state index contributed by atoms with van der Waals surface area (Å²) in [4.78, 5) is 12.0. The average molecular weight is 384 g/mol. The molecular formula is C19H18BrN3O. The molecule has 0 aliphatic carbocycles. The van der Waals surface area contributed by atoms with Crippen LogP contribution in [0.1, 0.15) is 13.3 Å². The maximum absolute atomic E-state index is 12.0. The van der Waals surface area contributed by atoms with Gasteiger partial charge in [-0.1, -0.05) is 34.1 Å². The number of anilines is 2. The average Bonchev–Trinajstić information content (AvgIpc) is 2.76. The Morgan fingerprint density at radius 3 is 2.88 bits per heavy atom. The number of carbonyl (C=O) groups is 1. The standard InChI is InChI=1S/C19H18BrN3O/c1-11-8-18(24)22-15-5-3-4-14(19(15)21-11)17-9-12-6-7-13(20)10-16(12)23(17)2/h3-7,9-11,21H,8H2,1-2H3,(H,22,24). The highest BCUT2D eigenvalue weighted by atomic mass is 79.9. The van der Waals surface area contributed by atoms with Crippen molar-refractivity contribution >= 4 is 44.1 Å². The largest absolute Gasteiger partial charge is 0.380 e. The van der Waals surface area contributed by atoms with Crippen LogP contribution in [0.4, 0.5) is 11.4 Å². The van der Waals surface area contributed by atoms with Crippen LogP contribution in [0.3, 0.4) is 0 Å². The summed E-state index contributed by atoms with van der Waals surface area (Å²) in [5.41, 5.74) is 5.21. The van der Waals surface area contributed by atoms with Gasteiger partial charge in [-0.2, -0.15) is 0 Å². The van der Waals surface area contributed by atoms with Gasteiger partial charge < -0.3 is 15.2 Å². The van der Waals surface area contributed by atoms with Gasteiger partial charge in [0.2, 0.25) is 5.91 Å². The second-order valence-electron chi connectivity index (χ2n) is 6.32. The number of halogens is 1. The van der Waals surface area contributed by atoms with Gasteiger partial charge in [0.1, 0.15) is 0 Å². The van der Waals surface area contributed by atoms with Gasteiger partial charge in [0, 0.05) is 40.4 Å². The Morgan fingerprint density at radius 2 is 2.04 bits per heavy atom. The predicted octanol–water partition coefficient (Wildman–Crippen LogP) is 4.75. The molecule has 0 saturated heterocycles. The first-order chi connectivity index (χ1) is 11.5. The molecule has 0 fully saturated rings. The van der Waals surface area contributed by atoms with E-state index in [9.17, 15) is 4.79 Å². The summed E-state index contributed by atoms with van der Waals surface area (Å²) in [6.07, 6.45) is 0.468. The van der Waals surface area contributed by atoms with Gasteiger partial charge in [0.25, 0.3) is 0 Å². The van der Waals surface area contributed by atoms with Crippen molar-refractivity contribution in [2.24, 2.45) is 7.05 Å². The minimum absolute atomic E-state index is 0.0480. The van der Waals surface area contributed by atoms with Crippen molar-refractivity contribution in [2.45, 2.75) is 19.4 Å². The van der Waals surface area contributed by atoms with Crippen LogP contribution in [0.2, 0.25) is 0 Å². The molecule has 2 aromatic carbocycles.